The molecule has 1 amide bonds. The Morgan fingerprint density at radius 1 is 1.44 bits per heavy atom. The van der Waals surface area contributed by atoms with Crippen LogP contribution in [0.25, 0.3) is 0 Å². The van der Waals surface area contributed by atoms with Gasteiger partial charge in [0.25, 0.3) is 0 Å². The first-order valence-corrected chi connectivity index (χ1v) is 6.18. The van der Waals surface area contributed by atoms with Gasteiger partial charge in [-0.25, -0.2) is 0 Å². The Bertz CT molecular complexity index is 195. The number of primary amides is 1. The lowest BCUT2D eigenvalue weighted by molar-refractivity contribution is -0.120. The number of hydrogen-bond donors (Lipinski definition) is 2. The molecule has 0 saturated carbocycles. The van der Waals surface area contributed by atoms with E-state index >= 15 is 0 Å². The third-order valence-corrected chi connectivity index (χ3v) is 2.57. The average Bonchev–Trinajstić information content (AvgIpc) is 2.20. The van der Waals surface area contributed by atoms with Gasteiger partial charge >= 0.3 is 0 Å². The van der Waals surface area contributed by atoms with Crippen molar-refractivity contribution in [1.82, 2.24) is 10.2 Å². The summed E-state index contributed by atoms with van der Waals surface area (Å²) in [6, 6.07) is -0.225. The molecule has 0 heterocycles. The van der Waals surface area contributed by atoms with Crippen LogP contribution in [0.15, 0.2) is 0 Å². The van der Waals surface area contributed by atoms with Crippen LogP contribution < -0.4 is 11.1 Å². The van der Waals surface area contributed by atoms with Crippen molar-refractivity contribution >= 4 is 5.91 Å². The molecule has 0 aromatic carbocycles. The van der Waals surface area contributed by atoms with Crippen molar-refractivity contribution in [3.63, 3.8) is 0 Å². The molecule has 16 heavy (non-hydrogen) atoms. The van der Waals surface area contributed by atoms with Gasteiger partial charge in [0.05, 0.1) is 6.04 Å². The van der Waals surface area contributed by atoms with Crippen LogP contribution in [0.5, 0.6) is 0 Å². The first kappa shape index (κ1) is 15.4. The van der Waals surface area contributed by atoms with E-state index < -0.39 is 0 Å². The van der Waals surface area contributed by atoms with Crippen molar-refractivity contribution in [2.45, 2.75) is 39.7 Å². The van der Waals surface area contributed by atoms with E-state index in [2.05, 4.69) is 31.0 Å². The Hall–Kier alpha value is -0.610. The third-order valence-electron chi connectivity index (χ3n) is 2.57. The van der Waals surface area contributed by atoms with E-state index in [4.69, 9.17) is 5.73 Å². The Kier molecular flexibility index (Phi) is 8.21. The predicted octanol–water partition coefficient (Wildman–Crippen LogP) is 0.818. The third kappa shape index (κ3) is 7.65. The van der Waals surface area contributed by atoms with Crippen molar-refractivity contribution in [2.75, 3.05) is 26.7 Å². The van der Waals surface area contributed by atoms with E-state index in [9.17, 15) is 4.79 Å². The number of carbonyl (C=O) groups excluding carboxylic acids is 1. The molecule has 0 aliphatic carbocycles. The number of rotatable bonds is 9. The van der Waals surface area contributed by atoms with Gasteiger partial charge in [0.1, 0.15) is 0 Å². The SMILES string of the molecule is CCCNC(CN(C)CCC(C)C)C(N)=O. The molecule has 0 fully saturated rings. The van der Waals surface area contributed by atoms with Crippen LogP contribution >= 0.6 is 0 Å². The van der Waals surface area contributed by atoms with Crippen LogP contribution in [0.2, 0.25) is 0 Å². The van der Waals surface area contributed by atoms with Gasteiger partial charge < -0.3 is 16.0 Å². The Morgan fingerprint density at radius 2 is 2.06 bits per heavy atom. The van der Waals surface area contributed by atoms with Crippen molar-refractivity contribution in [3.8, 4) is 0 Å². The molecule has 0 aromatic rings. The summed E-state index contributed by atoms with van der Waals surface area (Å²) in [7, 11) is 2.03. The first-order chi connectivity index (χ1) is 7.47. The fourth-order valence-electron chi connectivity index (χ4n) is 1.46. The first-order valence-electron chi connectivity index (χ1n) is 6.18. The zero-order valence-corrected chi connectivity index (χ0v) is 11.1. The summed E-state index contributed by atoms with van der Waals surface area (Å²) < 4.78 is 0. The standard InChI is InChI=1S/C12H27N3O/c1-5-7-14-11(12(13)16)9-15(4)8-6-10(2)3/h10-11,14H,5-9H2,1-4H3,(H2,13,16). The molecule has 0 radical (unpaired) electrons. The molecular weight excluding hydrogens is 202 g/mol. The van der Waals surface area contributed by atoms with Crippen molar-refractivity contribution < 1.29 is 4.79 Å². The van der Waals surface area contributed by atoms with Crippen LogP contribution in [0.4, 0.5) is 0 Å². The zero-order valence-electron chi connectivity index (χ0n) is 11.1. The lowest BCUT2D eigenvalue weighted by Gasteiger charge is -2.23. The van der Waals surface area contributed by atoms with Crippen LogP contribution in [0.3, 0.4) is 0 Å². The van der Waals surface area contributed by atoms with Gasteiger partial charge in [0.15, 0.2) is 0 Å². The number of hydrogen-bond acceptors (Lipinski definition) is 3. The lowest BCUT2D eigenvalue weighted by Crippen LogP contribution is -2.48. The van der Waals surface area contributed by atoms with Gasteiger partial charge in [-0.3, -0.25) is 4.79 Å². The van der Waals surface area contributed by atoms with Gasteiger partial charge in [-0.2, -0.15) is 0 Å². The van der Waals surface area contributed by atoms with Gasteiger partial charge in [0.2, 0.25) is 5.91 Å². The molecule has 1 unspecified atom stereocenters. The largest absolute Gasteiger partial charge is 0.368 e. The maximum atomic E-state index is 11.2. The average molecular weight is 229 g/mol. The number of nitrogens with one attached hydrogen (secondary N) is 1. The Labute approximate surface area is 99.6 Å². The fourth-order valence-corrected chi connectivity index (χ4v) is 1.46. The van der Waals surface area contributed by atoms with Crippen molar-refractivity contribution in [1.29, 1.82) is 0 Å². The molecule has 96 valence electrons. The molecule has 0 spiro atoms. The summed E-state index contributed by atoms with van der Waals surface area (Å²) in [5.41, 5.74) is 5.35. The van der Waals surface area contributed by atoms with E-state index in [1.165, 1.54) is 0 Å². The highest BCUT2D eigenvalue weighted by atomic mass is 16.1. The molecule has 0 rings (SSSR count). The molecule has 4 nitrogen and oxygen atoms in total. The smallest absolute Gasteiger partial charge is 0.235 e. The van der Waals surface area contributed by atoms with Crippen LogP contribution in [0.1, 0.15) is 33.6 Å². The van der Waals surface area contributed by atoms with E-state index in [0.717, 1.165) is 25.9 Å². The number of amides is 1. The zero-order chi connectivity index (χ0) is 12.6. The van der Waals surface area contributed by atoms with Crippen LogP contribution in [-0.4, -0.2) is 43.5 Å². The minimum Gasteiger partial charge on any atom is -0.368 e. The minimum absolute atomic E-state index is 0.225. The summed E-state index contributed by atoms with van der Waals surface area (Å²) >= 11 is 0. The Balaban J connectivity index is 3.92. The molecule has 3 N–H and O–H groups in total. The van der Waals surface area contributed by atoms with E-state index in [-0.39, 0.29) is 11.9 Å². The van der Waals surface area contributed by atoms with Gasteiger partial charge in [-0.1, -0.05) is 20.8 Å². The summed E-state index contributed by atoms with van der Waals surface area (Å²) in [5, 5.41) is 3.17. The molecule has 0 bridgehead atoms. The highest BCUT2D eigenvalue weighted by Crippen LogP contribution is 2.01. The number of nitrogens with zero attached hydrogens (tertiary/aromatic N) is 1. The van der Waals surface area contributed by atoms with Crippen molar-refractivity contribution in [2.24, 2.45) is 11.7 Å². The minimum atomic E-state index is -0.259. The quantitative estimate of drug-likeness (QED) is 0.615. The summed E-state index contributed by atoms with van der Waals surface area (Å²) in [6.45, 7) is 9.03. The molecule has 0 saturated heterocycles. The Morgan fingerprint density at radius 3 is 2.50 bits per heavy atom. The molecule has 1 atom stereocenters. The topological polar surface area (TPSA) is 58.4 Å². The van der Waals surface area contributed by atoms with E-state index in [1.807, 2.05) is 7.05 Å². The van der Waals surface area contributed by atoms with Crippen LogP contribution in [0, 0.1) is 5.92 Å². The second-order valence-corrected chi connectivity index (χ2v) is 4.85. The molecule has 0 aromatic heterocycles. The molecule has 0 aliphatic heterocycles. The molecular formula is C12H27N3O. The molecule has 4 heteroatoms. The monoisotopic (exact) mass is 229 g/mol. The number of nitrogens with two attached hydrogens (primary N) is 1. The van der Waals surface area contributed by atoms with Gasteiger partial charge in [-0.15, -0.1) is 0 Å². The van der Waals surface area contributed by atoms with Crippen molar-refractivity contribution in [3.05, 3.63) is 0 Å². The lowest BCUT2D eigenvalue weighted by atomic mass is 10.1. The normalized spacial score (nSPS) is 13.4. The maximum absolute atomic E-state index is 11.2. The second-order valence-electron chi connectivity index (χ2n) is 4.85. The van der Waals surface area contributed by atoms with E-state index in [0.29, 0.717) is 12.5 Å². The maximum Gasteiger partial charge on any atom is 0.235 e. The van der Waals surface area contributed by atoms with E-state index in [1.54, 1.807) is 0 Å². The number of likely N-dealkylation sites (N-methyl/N-ethyl adjacent to an activating group) is 1. The summed E-state index contributed by atoms with van der Waals surface area (Å²) in [5.74, 6) is 0.433. The predicted molar refractivity (Wildman–Crippen MR) is 68.2 cm³/mol. The fraction of sp³-hybridized carbons (Fsp3) is 0.917. The highest BCUT2D eigenvalue weighted by Gasteiger charge is 2.16. The number of carbonyl (C=O) groups is 1. The summed E-state index contributed by atoms with van der Waals surface area (Å²) in [6.07, 6.45) is 2.16. The summed E-state index contributed by atoms with van der Waals surface area (Å²) in [4.78, 5) is 13.4. The molecule has 0 aliphatic rings. The van der Waals surface area contributed by atoms with Crippen LogP contribution in [-0.2, 0) is 4.79 Å². The highest BCUT2D eigenvalue weighted by molar-refractivity contribution is 5.80. The second kappa shape index (κ2) is 8.53. The van der Waals surface area contributed by atoms with Gasteiger partial charge in [-0.05, 0) is 38.9 Å². The van der Waals surface area contributed by atoms with Gasteiger partial charge in [0, 0.05) is 6.54 Å².